The molecular weight excluding hydrogens is 351 g/mol. The average Bonchev–Trinajstić information content (AvgIpc) is 2.60. The molecule has 0 spiro atoms. The van der Waals surface area contributed by atoms with Crippen molar-refractivity contribution in [1.82, 2.24) is 10.6 Å². The molecule has 0 fully saturated rings. The van der Waals surface area contributed by atoms with E-state index in [1.54, 1.807) is 12.1 Å². The molecule has 0 atom stereocenters. The lowest BCUT2D eigenvalue weighted by Crippen LogP contribution is -2.38. The molecule has 0 aromatic heterocycles. The molecule has 0 aliphatic carbocycles. The van der Waals surface area contributed by atoms with Crippen molar-refractivity contribution in [3.63, 3.8) is 0 Å². The lowest BCUT2D eigenvalue weighted by molar-refractivity contribution is -0.127. The molecule has 0 saturated carbocycles. The molecule has 0 saturated heterocycles. The van der Waals surface area contributed by atoms with Crippen molar-refractivity contribution in [3.05, 3.63) is 64.1 Å². The van der Waals surface area contributed by atoms with Crippen molar-refractivity contribution in [2.75, 3.05) is 13.2 Å². The van der Waals surface area contributed by atoms with Crippen molar-refractivity contribution in [2.45, 2.75) is 6.54 Å². The minimum absolute atomic E-state index is 0.115. The summed E-state index contributed by atoms with van der Waals surface area (Å²) < 4.78 is 5.28. The highest BCUT2D eigenvalue weighted by Crippen LogP contribution is 2.26. The van der Waals surface area contributed by atoms with Crippen LogP contribution in [-0.2, 0) is 16.1 Å². The third kappa shape index (κ3) is 6.10. The molecule has 2 aromatic carbocycles. The zero-order valence-electron chi connectivity index (χ0n) is 12.7. The number of hydrogen-bond acceptors (Lipinski definition) is 3. The highest BCUT2D eigenvalue weighted by atomic mass is 35.5. The maximum Gasteiger partial charge on any atom is 0.258 e. The van der Waals surface area contributed by atoms with Crippen molar-refractivity contribution >= 4 is 35.0 Å². The Balaban J connectivity index is 1.67. The molecule has 5 nitrogen and oxygen atoms in total. The largest absolute Gasteiger partial charge is 0.484 e. The summed E-state index contributed by atoms with van der Waals surface area (Å²) in [7, 11) is 0. The smallest absolute Gasteiger partial charge is 0.258 e. The van der Waals surface area contributed by atoms with Gasteiger partial charge in [0.05, 0.1) is 16.6 Å². The Kier molecular flexibility index (Phi) is 6.90. The van der Waals surface area contributed by atoms with Crippen molar-refractivity contribution in [3.8, 4) is 5.75 Å². The van der Waals surface area contributed by atoms with Crippen LogP contribution >= 0.6 is 23.2 Å². The molecule has 0 aliphatic rings. The third-order valence-corrected chi connectivity index (χ3v) is 3.78. The molecule has 126 valence electrons. The summed E-state index contributed by atoms with van der Waals surface area (Å²) in [5.74, 6) is -0.259. The predicted molar refractivity (Wildman–Crippen MR) is 93.3 cm³/mol. The van der Waals surface area contributed by atoms with Gasteiger partial charge in [-0.2, -0.15) is 0 Å². The summed E-state index contributed by atoms with van der Waals surface area (Å²) in [6.07, 6.45) is 0. The highest BCUT2D eigenvalue weighted by molar-refractivity contribution is 6.42. The second kappa shape index (κ2) is 9.15. The predicted octanol–water partition coefficient (Wildman–Crippen LogP) is 2.80. The molecule has 7 heteroatoms. The second-order valence-electron chi connectivity index (χ2n) is 4.90. The molecule has 2 aromatic rings. The first kappa shape index (κ1) is 18.1. The lowest BCUT2D eigenvalue weighted by Gasteiger charge is -2.09. The van der Waals surface area contributed by atoms with Gasteiger partial charge in [0, 0.05) is 12.6 Å². The fraction of sp³-hybridized carbons (Fsp3) is 0.176. The van der Waals surface area contributed by atoms with Crippen LogP contribution in [0, 0.1) is 0 Å². The normalized spacial score (nSPS) is 10.1. The molecule has 2 amide bonds. The topological polar surface area (TPSA) is 67.4 Å². The van der Waals surface area contributed by atoms with Crippen LogP contribution in [0.1, 0.15) is 5.56 Å². The number of carbonyl (C=O) groups is 2. The Morgan fingerprint density at radius 2 is 1.67 bits per heavy atom. The van der Waals surface area contributed by atoms with E-state index in [0.717, 1.165) is 5.56 Å². The lowest BCUT2D eigenvalue weighted by atomic mass is 10.2. The number of halogens is 2. The number of nitrogens with one attached hydrogen (secondary N) is 2. The van der Waals surface area contributed by atoms with Crippen LogP contribution in [0.25, 0.3) is 0 Å². The summed E-state index contributed by atoms with van der Waals surface area (Å²) in [5.41, 5.74) is 0.986. The number of ether oxygens (including phenoxy) is 1. The summed E-state index contributed by atoms with van der Waals surface area (Å²) in [5, 5.41) is 5.94. The van der Waals surface area contributed by atoms with Gasteiger partial charge in [0.2, 0.25) is 5.91 Å². The van der Waals surface area contributed by atoms with Gasteiger partial charge in [0.15, 0.2) is 6.61 Å². The van der Waals surface area contributed by atoms with E-state index < -0.39 is 5.91 Å². The first-order valence-electron chi connectivity index (χ1n) is 7.20. The molecule has 2 rings (SSSR count). The highest BCUT2D eigenvalue weighted by Gasteiger charge is 2.07. The zero-order chi connectivity index (χ0) is 17.4. The van der Waals surface area contributed by atoms with Crippen molar-refractivity contribution in [1.29, 1.82) is 0 Å². The first-order valence-corrected chi connectivity index (χ1v) is 7.95. The summed E-state index contributed by atoms with van der Waals surface area (Å²) in [6, 6.07) is 14.2. The number of amides is 2. The van der Waals surface area contributed by atoms with E-state index in [0.29, 0.717) is 22.3 Å². The standard InChI is InChI=1S/C17H16Cl2N2O3/c18-14-7-6-13(8-15(14)19)24-11-17(23)21-10-16(22)20-9-12-4-2-1-3-5-12/h1-8H,9-11H2,(H,20,22)(H,21,23). The molecular formula is C17H16Cl2N2O3. The summed E-state index contributed by atoms with van der Waals surface area (Å²) in [4.78, 5) is 23.4. The van der Waals surface area contributed by atoms with Crippen LogP contribution in [0.4, 0.5) is 0 Å². The van der Waals surface area contributed by atoms with Gasteiger partial charge in [-0.3, -0.25) is 9.59 Å². The van der Waals surface area contributed by atoms with Crippen LogP contribution in [0.5, 0.6) is 5.75 Å². The molecule has 0 heterocycles. The fourth-order valence-electron chi connectivity index (χ4n) is 1.80. The van der Waals surface area contributed by atoms with Crippen LogP contribution in [0.15, 0.2) is 48.5 Å². The van der Waals surface area contributed by atoms with E-state index in [4.69, 9.17) is 27.9 Å². The Labute approximate surface area is 149 Å². The van der Waals surface area contributed by atoms with Gasteiger partial charge in [-0.1, -0.05) is 53.5 Å². The van der Waals surface area contributed by atoms with Crippen LogP contribution in [0.2, 0.25) is 10.0 Å². The van der Waals surface area contributed by atoms with Crippen LogP contribution in [0.3, 0.4) is 0 Å². The minimum Gasteiger partial charge on any atom is -0.484 e. The molecule has 0 unspecified atom stereocenters. The first-order chi connectivity index (χ1) is 11.5. The molecule has 0 bridgehead atoms. The Morgan fingerprint density at radius 3 is 2.38 bits per heavy atom. The van der Waals surface area contributed by atoms with Gasteiger partial charge in [-0.15, -0.1) is 0 Å². The van der Waals surface area contributed by atoms with E-state index >= 15 is 0 Å². The van der Waals surface area contributed by atoms with Crippen molar-refractivity contribution in [2.24, 2.45) is 0 Å². The average molecular weight is 367 g/mol. The Hall–Kier alpha value is -2.24. The minimum atomic E-state index is -0.407. The zero-order valence-corrected chi connectivity index (χ0v) is 14.2. The van der Waals surface area contributed by atoms with E-state index in [1.807, 2.05) is 30.3 Å². The van der Waals surface area contributed by atoms with Gasteiger partial charge >= 0.3 is 0 Å². The maximum atomic E-state index is 11.7. The quantitative estimate of drug-likeness (QED) is 0.791. The van der Waals surface area contributed by atoms with Crippen LogP contribution in [-0.4, -0.2) is 25.0 Å². The number of hydrogen-bond donors (Lipinski definition) is 2. The van der Waals surface area contributed by atoms with Crippen LogP contribution < -0.4 is 15.4 Å². The van der Waals surface area contributed by atoms with Gasteiger partial charge in [0.1, 0.15) is 5.75 Å². The number of rotatable bonds is 7. The van der Waals surface area contributed by atoms with Gasteiger partial charge in [0.25, 0.3) is 5.91 Å². The Morgan fingerprint density at radius 1 is 0.917 bits per heavy atom. The van der Waals surface area contributed by atoms with E-state index in [-0.39, 0.29) is 19.1 Å². The van der Waals surface area contributed by atoms with E-state index in [9.17, 15) is 9.59 Å². The maximum absolute atomic E-state index is 11.7. The molecule has 0 aliphatic heterocycles. The molecule has 0 radical (unpaired) electrons. The SMILES string of the molecule is O=C(CNC(=O)COc1ccc(Cl)c(Cl)c1)NCc1ccccc1. The monoisotopic (exact) mass is 366 g/mol. The van der Waals surface area contributed by atoms with Crippen molar-refractivity contribution < 1.29 is 14.3 Å². The molecule has 24 heavy (non-hydrogen) atoms. The van der Waals surface area contributed by atoms with Gasteiger partial charge < -0.3 is 15.4 Å². The second-order valence-corrected chi connectivity index (χ2v) is 5.72. The van der Waals surface area contributed by atoms with Gasteiger partial charge in [-0.05, 0) is 17.7 Å². The Bertz CT molecular complexity index is 708. The van der Waals surface area contributed by atoms with Gasteiger partial charge in [-0.25, -0.2) is 0 Å². The number of carbonyl (C=O) groups excluding carboxylic acids is 2. The van der Waals surface area contributed by atoms with E-state index in [2.05, 4.69) is 10.6 Å². The number of benzene rings is 2. The fourth-order valence-corrected chi connectivity index (χ4v) is 2.09. The molecule has 2 N–H and O–H groups in total. The summed E-state index contributed by atoms with van der Waals surface area (Å²) in [6.45, 7) is 0.0790. The third-order valence-electron chi connectivity index (χ3n) is 3.04. The van der Waals surface area contributed by atoms with E-state index in [1.165, 1.54) is 6.07 Å². The summed E-state index contributed by atoms with van der Waals surface area (Å²) >= 11 is 11.6.